The summed E-state index contributed by atoms with van der Waals surface area (Å²) in [6.45, 7) is 0.160. The Bertz CT molecular complexity index is 1580. The first-order chi connectivity index (χ1) is 19.0. The summed E-state index contributed by atoms with van der Waals surface area (Å²) in [5.74, 6) is 0.487. The first-order valence-electron chi connectivity index (χ1n) is 12.0. The third kappa shape index (κ3) is 5.10. The molecule has 10 heteroatoms. The summed E-state index contributed by atoms with van der Waals surface area (Å²) < 4.78 is 16.0. The van der Waals surface area contributed by atoms with Gasteiger partial charge in [0, 0.05) is 21.8 Å². The fourth-order valence-electron chi connectivity index (χ4n) is 4.09. The van der Waals surface area contributed by atoms with E-state index in [1.165, 1.54) is 18.0 Å². The molecule has 3 amide bonds. The molecule has 0 atom stereocenters. The van der Waals surface area contributed by atoms with Crippen LogP contribution in [0.15, 0.2) is 111 Å². The zero-order valence-corrected chi connectivity index (χ0v) is 21.2. The number of hydrogen-bond donors (Lipinski definition) is 2. The Balaban J connectivity index is 1.20. The maximum absolute atomic E-state index is 13.4. The molecule has 0 spiro atoms. The van der Waals surface area contributed by atoms with E-state index < -0.39 is 11.8 Å². The molecule has 1 aromatic heterocycles. The molecule has 0 aliphatic carbocycles. The number of ether oxygens (including phenoxy) is 2. The van der Waals surface area contributed by atoms with Crippen LogP contribution in [0.1, 0.15) is 16.1 Å². The van der Waals surface area contributed by atoms with Gasteiger partial charge in [0.05, 0.1) is 12.8 Å². The van der Waals surface area contributed by atoms with Gasteiger partial charge in [0.25, 0.3) is 17.7 Å². The molecule has 0 saturated heterocycles. The van der Waals surface area contributed by atoms with E-state index in [0.29, 0.717) is 34.2 Å². The molecule has 0 bridgehead atoms. The fourth-order valence-corrected chi connectivity index (χ4v) is 5.04. The van der Waals surface area contributed by atoms with Crippen LogP contribution in [-0.4, -0.2) is 29.4 Å². The number of anilines is 2. The summed E-state index contributed by atoms with van der Waals surface area (Å²) in [6, 6.07) is 24.6. The number of benzene rings is 3. The minimum absolute atomic E-state index is 0.0273. The average molecular weight is 540 g/mol. The lowest BCUT2D eigenvalue weighted by molar-refractivity contribution is -0.138. The topological polar surface area (TPSA) is 110 Å². The van der Waals surface area contributed by atoms with Gasteiger partial charge in [-0.1, -0.05) is 30.0 Å². The second-order valence-corrected chi connectivity index (χ2v) is 9.70. The Kier molecular flexibility index (Phi) is 6.52. The lowest BCUT2D eigenvalue weighted by Crippen LogP contribution is -2.31. The largest absolute Gasteiger partial charge is 0.467 e. The van der Waals surface area contributed by atoms with Gasteiger partial charge in [-0.3, -0.25) is 19.3 Å². The lowest BCUT2D eigenvalue weighted by atomic mass is 10.2. The van der Waals surface area contributed by atoms with Gasteiger partial charge < -0.3 is 24.5 Å². The monoisotopic (exact) mass is 539 g/mol. The van der Waals surface area contributed by atoms with Crippen molar-refractivity contribution in [3.8, 4) is 11.5 Å². The summed E-state index contributed by atoms with van der Waals surface area (Å²) in [5.41, 5.74) is 1.90. The predicted molar refractivity (Wildman–Crippen MR) is 144 cm³/mol. The number of imide groups is 1. The molecule has 0 unspecified atom stereocenters. The van der Waals surface area contributed by atoms with E-state index in [1.807, 2.05) is 30.3 Å². The number of para-hydroxylation sites is 1. The highest BCUT2D eigenvalue weighted by atomic mass is 32.2. The minimum atomic E-state index is -0.435. The lowest BCUT2D eigenvalue weighted by Gasteiger charge is -2.13. The number of rotatable bonds is 8. The van der Waals surface area contributed by atoms with Crippen molar-refractivity contribution in [3.05, 3.63) is 113 Å². The normalized spacial score (nSPS) is 14.2. The molecule has 2 aliphatic heterocycles. The summed E-state index contributed by atoms with van der Waals surface area (Å²) in [5, 5.41) is 5.97. The molecule has 194 valence electrons. The molecule has 3 heterocycles. The molecule has 3 aromatic carbocycles. The number of nitrogens with zero attached hydrogens (tertiary/aromatic N) is 1. The molecule has 2 N–H and O–H groups in total. The number of carbonyl (C=O) groups is 3. The molecule has 0 fully saturated rings. The Morgan fingerprint density at radius 2 is 1.64 bits per heavy atom. The van der Waals surface area contributed by atoms with Crippen molar-refractivity contribution < 1.29 is 28.3 Å². The van der Waals surface area contributed by atoms with Crippen LogP contribution in [0.25, 0.3) is 0 Å². The van der Waals surface area contributed by atoms with Crippen LogP contribution in [0.2, 0.25) is 0 Å². The molecule has 0 saturated carbocycles. The number of carbonyl (C=O) groups excluding carboxylic acids is 3. The van der Waals surface area contributed by atoms with E-state index in [4.69, 9.17) is 13.9 Å². The smallest absolute Gasteiger partial charge is 0.278 e. The predicted octanol–water partition coefficient (Wildman–Crippen LogP) is 5.25. The standard InChI is InChI=1S/C29H21N3O6S/c33-27(18-8-13-23-24(15-18)38-17-37-23)31-20-9-11-22(12-10-20)39-26-25(30-19-5-2-1-3-6-19)28(34)32(29(26)35)16-21-7-4-14-36-21/h1-15,30H,16-17H2,(H,31,33). The molecule has 2 aliphatic rings. The van der Waals surface area contributed by atoms with Crippen molar-refractivity contribution >= 4 is 40.9 Å². The minimum Gasteiger partial charge on any atom is -0.467 e. The maximum atomic E-state index is 13.4. The van der Waals surface area contributed by atoms with E-state index in [0.717, 1.165) is 9.80 Å². The highest BCUT2D eigenvalue weighted by molar-refractivity contribution is 8.04. The van der Waals surface area contributed by atoms with Crippen molar-refractivity contribution in [1.82, 2.24) is 4.90 Å². The first kappa shape index (κ1) is 24.4. The third-order valence-electron chi connectivity index (χ3n) is 6.03. The highest BCUT2D eigenvalue weighted by Crippen LogP contribution is 2.37. The number of nitrogens with one attached hydrogen (secondary N) is 2. The fraction of sp³-hybridized carbons (Fsp3) is 0.0690. The zero-order valence-electron chi connectivity index (χ0n) is 20.4. The molecule has 39 heavy (non-hydrogen) atoms. The van der Waals surface area contributed by atoms with Crippen LogP contribution in [-0.2, 0) is 16.1 Å². The van der Waals surface area contributed by atoms with Gasteiger partial charge in [0.15, 0.2) is 11.5 Å². The zero-order chi connectivity index (χ0) is 26.8. The van der Waals surface area contributed by atoms with Gasteiger partial charge in [-0.15, -0.1) is 0 Å². The number of hydrogen-bond acceptors (Lipinski definition) is 8. The number of furan rings is 1. The van der Waals surface area contributed by atoms with Crippen LogP contribution in [0, 0.1) is 0 Å². The summed E-state index contributed by atoms with van der Waals surface area (Å²) in [4.78, 5) is 41.5. The van der Waals surface area contributed by atoms with Gasteiger partial charge in [-0.2, -0.15) is 0 Å². The molecular weight excluding hydrogens is 518 g/mol. The van der Waals surface area contributed by atoms with E-state index in [1.54, 1.807) is 54.6 Å². The third-order valence-corrected chi connectivity index (χ3v) is 7.12. The van der Waals surface area contributed by atoms with Crippen LogP contribution < -0.4 is 20.1 Å². The van der Waals surface area contributed by atoms with E-state index in [2.05, 4.69) is 10.6 Å². The van der Waals surface area contributed by atoms with Crippen LogP contribution >= 0.6 is 11.8 Å². The molecule has 6 rings (SSSR count). The first-order valence-corrected chi connectivity index (χ1v) is 12.8. The highest BCUT2D eigenvalue weighted by Gasteiger charge is 2.39. The average Bonchev–Trinajstić information content (AvgIpc) is 3.69. The molecule has 0 radical (unpaired) electrons. The van der Waals surface area contributed by atoms with Gasteiger partial charge in [0.2, 0.25) is 6.79 Å². The van der Waals surface area contributed by atoms with E-state index in [9.17, 15) is 14.4 Å². The summed E-state index contributed by atoms with van der Waals surface area (Å²) >= 11 is 1.18. The van der Waals surface area contributed by atoms with Gasteiger partial charge >= 0.3 is 0 Å². The Morgan fingerprint density at radius 1 is 0.846 bits per heavy atom. The van der Waals surface area contributed by atoms with E-state index in [-0.39, 0.29) is 29.8 Å². The van der Waals surface area contributed by atoms with Crippen molar-refractivity contribution in [2.24, 2.45) is 0 Å². The molecule has 9 nitrogen and oxygen atoms in total. The number of fused-ring (bicyclic) bond motifs is 1. The van der Waals surface area contributed by atoms with E-state index >= 15 is 0 Å². The summed E-state index contributed by atoms with van der Waals surface area (Å²) in [7, 11) is 0. The quantitative estimate of drug-likeness (QED) is 0.293. The molecule has 4 aromatic rings. The van der Waals surface area contributed by atoms with Crippen molar-refractivity contribution in [2.45, 2.75) is 11.4 Å². The summed E-state index contributed by atoms with van der Waals surface area (Å²) in [6.07, 6.45) is 1.50. The second kappa shape index (κ2) is 10.4. The van der Waals surface area contributed by atoms with Gasteiger partial charge in [-0.25, -0.2) is 0 Å². The van der Waals surface area contributed by atoms with Crippen molar-refractivity contribution in [1.29, 1.82) is 0 Å². The van der Waals surface area contributed by atoms with Crippen molar-refractivity contribution in [3.63, 3.8) is 0 Å². The van der Waals surface area contributed by atoms with Gasteiger partial charge in [0.1, 0.15) is 16.4 Å². The maximum Gasteiger partial charge on any atom is 0.278 e. The van der Waals surface area contributed by atoms with Crippen molar-refractivity contribution in [2.75, 3.05) is 17.4 Å². The Morgan fingerprint density at radius 3 is 2.41 bits per heavy atom. The Hall–Kier alpha value is -4.96. The van der Waals surface area contributed by atoms with Crippen LogP contribution in [0.3, 0.4) is 0 Å². The SMILES string of the molecule is O=C(Nc1ccc(SC2=C(Nc3ccccc3)C(=O)N(Cc3ccco3)C2=O)cc1)c1ccc2c(c1)OCO2. The van der Waals surface area contributed by atoms with Crippen LogP contribution in [0.4, 0.5) is 11.4 Å². The second-order valence-electron chi connectivity index (χ2n) is 8.62. The van der Waals surface area contributed by atoms with Gasteiger partial charge in [-0.05, 0) is 66.7 Å². The van der Waals surface area contributed by atoms with Crippen LogP contribution in [0.5, 0.6) is 11.5 Å². The molecular formula is C29H21N3O6S. The Labute approximate surface area is 227 Å². The number of thioether (sulfide) groups is 1. The number of amides is 3.